The molecule has 0 bridgehead atoms. The van der Waals surface area contributed by atoms with Crippen LogP contribution in [-0.2, 0) is 11.8 Å². The van der Waals surface area contributed by atoms with Crippen molar-refractivity contribution in [2.45, 2.75) is 18.9 Å². The van der Waals surface area contributed by atoms with Gasteiger partial charge in [-0.15, -0.1) is 0 Å². The number of fused-ring (bicyclic) bond motifs is 1. The summed E-state index contributed by atoms with van der Waals surface area (Å²) in [6.45, 7) is 1.39. The van der Waals surface area contributed by atoms with Crippen molar-refractivity contribution < 1.29 is 9.47 Å². The summed E-state index contributed by atoms with van der Waals surface area (Å²) in [7, 11) is 1.86. The van der Waals surface area contributed by atoms with Crippen molar-refractivity contribution >= 4 is 11.2 Å². The number of imidazole rings is 1. The molecule has 3 aromatic heterocycles. The van der Waals surface area contributed by atoms with E-state index in [1.165, 1.54) is 0 Å². The van der Waals surface area contributed by atoms with E-state index in [2.05, 4.69) is 26.1 Å². The number of nitrogens with zero attached hydrogens (tertiary/aromatic N) is 5. The van der Waals surface area contributed by atoms with Crippen LogP contribution in [0, 0.1) is 11.3 Å². The highest BCUT2D eigenvalue weighted by Gasteiger charge is 2.18. The summed E-state index contributed by atoms with van der Waals surface area (Å²) >= 11 is 0. The minimum Gasteiger partial charge on any atom is -0.489 e. The predicted octanol–water partition coefficient (Wildman–Crippen LogP) is 3.45. The lowest BCUT2D eigenvalue weighted by atomic mass is 10.0. The Labute approximate surface area is 173 Å². The maximum atomic E-state index is 9.69. The smallest absolute Gasteiger partial charge is 0.178 e. The molecular weight excluding hydrogens is 380 g/mol. The standard InChI is InChI=1S/C22H20N6O2/c1-28-13-16(12-25-28)21-26-20-18(4-7-24-22(20)27-21)14-2-3-19(15(10-14)11-23)30-17-5-8-29-9-6-17/h2-4,7,10,12-13,17H,5-6,8-9H2,1H3,(H,24,26,27). The van der Waals surface area contributed by atoms with Crippen LogP contribution < -0.4 is 4.74 Å². The summed E-state index contributed by atoms with van der Waals surface area (Å²) < 4.78 is 13.2. The SMILES string of the molecule is Cn1cc(-c2nc3nccc(-c4ccc(OC5CCOCC5)c(C#N)c4)c3[nH]2)cn1. The number of aromatic nitrogens is 5. The Bertz CT molecular complexity index is 1250. The van der Waals surface area contributed by atoms with Gasteiger partial charge in [0, 0.05) is 37.8 Å². The van der Waals surface area contributed by atoms with Gasteiger partial charge in [-0.3, -0.25) is 4.68 Å². The first-order valence-electron chi connectivity index (χ1n) is 9.84. The maximum Gasteiger partial charge on any atom is 0.178 e. The van der Waals surface area contributed by atoms with Crippen molar-refractivity contribution in [3.05, 3.63) is 48.4 Å². The quantitative estimate of drug-likeness (QED) is 0.563. The summed E-state index contributed by atoms with van der Waals surface area (Å²) in [4.78, 5) is 12.3. The van der Waals surface area contributed by atoms with Crippen LogP contribution in [0.15, 0.2) is 42.9 Å². The van der Waals surface area contributed by atoms with Gasteiger partial charge in [-0.05, 0) is 23.8 Å². The Morgan fingerprint density at radius 2 is 2.10 bits per heavy atom. The number of ether oxygens (including phenoxy) is 2. The molecule has 8 heteroatoms. The van der Waals surface area contributed by atoms with Crippen LogP contribution in [0.4, 0.5) is 0 Å². The summed E-state index contributed by atoms with van der Waals surface area (Å²) in [5, 5.41) is 13.9. The van der Waals surface area contributed by atoms with Gasteiger partial charge < -0.3 is 14.5 Å². The van der Waals surface area contributed by atoms with E-state index in [4.69, 9.17) is 9.47 Å². The van der Waals surface area contributed by atoms with Crippen LogP contribution in [0.2, 0.25) is 0 Å². The Balaban J connectivity index is 1.51. The van der Waals surface area contributed by atoms with Gasteiger partial charge in [0.25, 0.3) is 0 Å². The zero-order chi connectivity index (χ0) is 20.5. The number of aryl methyl sites for hydroxylation is 1. The third kappa shape index (κ3) is 3.40. The minimum atomic E-state index is 0.0824. The van der Waals surface area contributed by atoms with Crippen molar-refractivity contribution in [1.82, 2.24) is 24.7 Å². The normalized spacial score (nSPS) is 14.7. The van der Waals surface area contributed by atoms with E-state index in [9.17, 15) is 5.26 Å². The van der Waals surface area contributed by atoms with Gasteiger partial charge in [0.2, 0.25) is 0 Å². The first-order valence-corrected chi connectivity index (χ1v) is 9.84. The summed E-state index contributed by atoms with van der Waals surface area (Å²) in [5.74, 6) is 1.32. The lowest BCUT2D eigenvalue weighted by Gasteiger charge is -2.23. The molecule has 0 saturated carbocycles. The van der Waals surface area contributed by atoms with Gasteiger partial charge in [0.1, 0.15) is 23.7 Å². The first kappa shape index (κ1) is 18.3. The molecule has 0 atom stereocenters. The maximum absolute atomic E-state index is 9.69. The number of nitriles is 1. The molecule has 0 amide bonds. The predicted molar refractivity (Wildman–Crippen MR) is 111 cm³/mol. The Kier molecular flexibility index (Phi) is 4.65. The minimum absolute atomic E-state index is 0.0824. The van der Waals surface area contributed by atoms with Crippen molar-refractivity contribution in [2.75, 3.05) is 13.2 Å². The fraction of sp³-hybridized carbons (Fsp3) is 0.273. The van der Waals surface area contributed by atoms with Crippen molar-refractivity contribution in [1.29, 1.82) is 5.26 Å². The zero-order valence-corrected chi connectivity index (χ0v) is 16.5. The highest BCUT2D eigenvalue weighted by molar-refractivity contribution is 5.91. The first-order chi connectivity index (χ1) is 14.7. The Hall–Kier alpha value is -3.70. The molecule has 1 fully saturated rings. The molecule has 150 valence electrons. The number of benzene rings is 1. The molecule has 30 heavy (non-hydrogen) atoms. The molecule has 0 aliphatic carbocycles. The van der Waals surface area contributed by atoms with E-state index in [-0.39, 0.29) is 6.10 Å². The van der Waals surface area contributed by atoms with E-state index >= 15 is 0 Å². The second kappa shape index (κ2) is 7.61. The lowest BCUT2D eigenvalue weighted by Crippen LogP contribution is -2.26. The van der Waals surface area contributed by atoms with E-state index in [0.717, 1.165) is 35.0 Å². The molecule has 5 rings (SSSR count). The third-order valence-corrected chi connectivity index (χ3v) is 5.24. The monoisotopic (exact) mass is 400 g/mol. The van der Waals surface area contributed by atoms with Crippen LogP contribution in [0.1, 0.15) is 18.4 Å². The average Bonchev–Trinajstić information content (AvgIpc) is 3.40. The highest BCUT2D eigenvalue weighted by atomic mass is 16.5. The largest absolute Gasteiger partial charge is 0.489 e. The molecule has 0 unspecified atom stereocenters. The number of pyridine rings is 1. The molecule has 1 saturated heterocycles. The summed E-state index contributed by atoms with van der Waals surface area (Å²) in [6.07, 6.45) is 7.13. The number of H-pyrrole nitrogens is 1. The second-order valence-corrected chi connectivity index (χ2v) is 7.30. The fourth-order valence-corrected chi connectivity index (χ4v) is 3.69. The topological polar surface area (TPSA) is 102 Å². The van der Waals surface area contributed by atoms with Gasteiger partial charge in [-0.25, -0.2) is 9.97 Å². The lowest BCUT2D eigenvalue weighted by molar-refractivity contribution is 0.0254. The zero-order valence-electron chi connectivity index (χ0n) is 16.5. The van der Waals surface area contributed by atoms with Gasteiger partial charge >= 0.3 is 0 Å². The average molecular weight is 400 g/mol. The summed E-state index contributed by atoms with van der Waals surface area (Å²) in [6, 6.07) is 9.88. The van der Waals surface area contributed by atoms with Crippen LogP contribution >= 0.6 is 0 Å². The Morgan fingerprint density at radius 3 is 2.87 bits per heavy atom. The molecule has 1 aliphatic rings. The third-order valence-electron chi connectivity index (χ3n) is 5.24. The number of rotatable bonds is 4. The van der Waals surface area contributed by atoms with E-state index in [1.54, 1.807) is 17.1 Å². The van der Waals surface area contributed by atoms with Gasteiger partial charge in [0.05, 0.1) is 36.1 Å². The summed E-state index contributed by atoms with van der Waals surface area (Å²) in [5.41, 5.74) is 4.66. The number of aromatic amines is 1. The molecule has 4 aromatic rings. The molecule has 4 heterocycles. The molecule has 8 nitrogen and oxygen atoms in total. The molecular formula is C22H20N6O2. The van der Waals surface area contributed by atoms with E-state index in [0.29, 0.717) is 36.0 Å². The van der Waals surface area contributed by atoms with Crippen LogP contribution in [-0.4, -0.2) is 44.1 Å². The molecule has 1 aromatic carbocycles. The number of hydrogen-bond acceptors (Lipinski definition) is 6. The van der Waals surface area contributed by atoms with Crippen molar-refractivity contribution in [3.63, 3.8) is 0 Å². The van der Waals surface area contributed by atoms with Gasteiger partial charge in [-0.1, -0.05) is 6.07 Å². The molecule has 0 spiro atoms. The molecule has 1 N–H and O–H groups in total. The number of hydrogen-bond donors (Lipinski definition) is 1. The van der Waals surface area contributed by atoms with E-state index < -0.39 is 0 Å². The van der Waals surface area contributed by atoms with Crippen molar-refractivity contribution in [2.24, 2.45) is 7.05 Å². The van der Waals surface area contributed by atoms with Crippen LogP contribution in [0.5, 0.6) is 5.75 Å². The Morgan fingerprint density at radius 1 is 1.23 bits per heavy atom. The van der Waals surface area contributed by atoms with Crippen molar-refractivity contribution in [3.8, 4) is 34.3 Å². The van der Waals surface area contributed by atoms with Crippen LogP contribution in [0.25, 0.3) is 33.7 Å². The highest BCUT2D eigenvalue weighted by Crippen LogP contribution is 2.32. The second-order valence-electron chi connectivity index (χ2n) is 7.30. The van der Waals surface area contributed by atoms with Crippen LogP contribution in [0.3, 0.4) is 0 Å². The van der Waals surface area contributed by atoms with E-state index in [1.807, 2.05) is 37.5 Å². The molecule has 0 radical (unpaired) electrons. The molecule has 1 aliphatic heterocycles. The van der Waals surface area contributed by atoms with Gasteiger partial charge in [-0.2, -0.15) is 10.4 Å². The fourth-order valence-electron chi connectivity index (χ4n) is 3.69. The van der Waals surface area contributed by atoms with Gasteiger partial charge in [0.15, 0.2) is 5.65 Å². The number of nitrogens with one attached hydrogen (secondary N) is 1.